The first-order valence-electron chi connectivity index (χ1n) is 3.52. The van der Waals surface area contributed by atoms with E-state index in [0.29, 0.717) is 6.07 Å². The van der Waals surface area contributed by atoms with Gasteiger partial charge in [-0.1, -0.05) is 11.6 Å². The Balaban J connectivity index is 3.40. The van der Waals surface area contributed by atoms with E-state index in [0.717, 1.165) is 7.11 Å². The summed E-state index contributed by atoms with van der Waals surface area (Å²) < 4.78 is 42.9. The molecule has 1 rings (SSSR count). The van der Waals surface area contributed by atoms with Gasteiger partial charge in [-0.05, 0) is 6.07 Å². The molecule has 1 atom stereocenters. The number of ether oxygens (including phenoxy) is 1. The minimum Gasteiger partial charge on any atom is -0.494 e. The molecule has 0 aliphatic rings. The van der Waals surface area contributed by atoms with Gasteiger partial charge in [-0.15, -0.1) is 0 Å². The molecule has 0 aromatic heterocycles. The van der Waals surface area contributed by atoms with Crippen LogP contribution in [0.15, 0.2) is 6.07 Å². The average molecular weight is 227 g/mol. The molecule has 0 saturated carbocycles. The number of methoxy groups -OCH3 is 1. The van der Waals surface area contributed by atoms with Crippen molar-refractivity contribution in [2.75, 3.05) is 7.11 Å². The van der Waals surface area contributed by atoms with Crippen molar-refractivity contribution in [2.24, 2.45) is 0 Å². The first-order valence-corrected chi connectivity index (χ1v) is 3.90. The highest BCUT2D eigenvalue weighted by Crippen LogP contribution is 2.33. The fraction of sp³-hybridized carbons (Fsp3) is 0.250. The van der Waals surface area contributed by atoms with Gasteiger partial charge >= 0.3 is 0 Å². The van der Waals surface area contributed by atoms with Crippen LogP contribution in [0, 0.1) is 11.6 Å². The maximum atomic E-state index is 13.0. The summed E-state index contributed by atoms with van der Waals surface area (Å²) in [6, 6.07) is 0.710. The van der Waals surface area contributed by atoms with Crippen LogP contribution in [-0.2, 0) is 0 Å². The molecule has 1 aromatic rings. The molecule has 0 aliphatic heterocycles. The van der Waals surface area contributed by atoms with Gasteiger partial charge in [0, 0.05) is 0 Å². The van der Waals surface area contributed by atoms with Gasteiger partial charge in [0.2, 0.25) is 6.36 Å². The van der Waals surface area contributed by atoms with E-state index in [4.69, 9.17) is 16.7 Å². The summed E-state index contributed by atoms with van der Waals surface area (Å²) in [7, 11) is 1.11. The van der Waals surface area contributed by atoms with Crippen LogP contribution in [0.5, 0.6) is 5.75 Å². The first kappa shape index (κ1) is 11.1. The lowest BCUT2D eigenvalue weighted by Gasteiger charge is -2.09. The number of aliphatic hydroxyl groups excluding tert-OH is 1. The Kier molecular flexibility index (Phi) is 3.23. The molecule has 0 heterocycles. The second kappa shape index (κ2) is 4.06. The van der Waals surface area contributed by atoms with Crippen molar-refractivity contribution in [3.8, 4) is 5.75 Å². The third-order valence-electron chi connectivity index (χ3n) is 1.62. The Morgan fingerprint density at radius 3 is 2.43 bits per heavy atom. The molecule has 0 saturated heterocycles. The average Bonchev–Trinajstić information content (AvgIpc) is 2.14. The summed E-state index contributed by atoms with van der Waals surface area (Å²) in [4.78, 5) is 0. The number of hydrogen-bond donors (Lipinski definition) is 1. The summed E-state index contributed by atoms with van der Waals surface area (Å²) in [6.07, 6.45) is -2.57. The van der Waals surface area contributed by atoms with E-state index < -0.39 is 34.3 Å². The highest BCUT2D eigenvalue weighted by molar-refractivity contribution is 6.31. The van der Waals surface area contributed by atoms with E-state index in [1.54, 1.807) is 0 Å². The number of halogens is 4. The van der Waals surface area contributed by atoms with Gasteiger partial charge in [-0.2, -0.15) is 0 Å². The summed E-state index contributed by atoms with van der Waals surface area (Å²) in [6.45, 7) is 0. The van der Waals surface area contributed by atoms with Crippen molar-refractivity contribution in [3.05, 3.63) is 28.3 Å². The van der Waals surface area contributed by atoms with Gasteiger partial charge in [-0.25, -0.2) is 13.2 Å². The van der Waals surface area contributed by atoms with Gasteiger partial charge in [-0.3, -0.25) is 0 Å². The van der Waals surface area contributed by atoms with Gasteiger partial charge in [0.05, 0.1) is 12.7 Å². The van der Waals surface area contributed by atoms with E-state index >= 15 is 0 Å². The van der Waals surface area contributed by atoms with Crippen LogP contribution in [0.4, 0.5) is 13.2 Å². The van der Waals surface area contributed by atoms with Crippen molar-refractivity contribution < 1.29 is 23.0 Å². The normalized spacial score (nSPS) is 12.7. The number of hydrogen-bond acceptors (Lipinski definition) is 2. The van der Waals surface area contributed by atoms with Crippen molar-refractivity contribution in [2.45, 2.75) is 6.36 Å². The van der Waals surface area contributed by atoms with E-state index in [9.17, 15) is 13.2 Å². The Bertz CT molecular complexity index is 355. The SMILES string of the molecule is COc1cc(C(O)F)c(F)c(Cl)c1F. The zero-order chi connectivity index (χ0) is 10.9. The second-order valence-electron chi connectivity index (χ2n) is 2.45. The lowest BCUT2D eigenvalue weighted by molar-refractivity contribution is 0.0375. The van der Waals surface area contributed by atoms with Crippen LogP contribution in [0.25, 0.3) is 0 Å². The fourth-order valence-corrected chi connectivity index (χ4v) is 1.12. The van der Waals surface area contributed by atoms with E-state index in [1.165, 1.54) is 0 Å². The summed E-state index contributed by atoms with van der Waals surface area (Å²) in [5, 5.41) is 7.59. The van der Waals surface area contributed by atoms with Crippen LogP contribution in [-0.4, -0.2) is 12.2 Å². The number of alkyl halides is 1. The summed E-state index contributed by atoms with van der Waals surface area (Å²) >= 11 is 5.20. The largest absolute Gasteiger partial charge is 0.494 e. The van der Waals surface area contributed by atoms with Crippen molar-refractivity contribution in [3.63, 3.8) is 0 Å². The molecule has 0 spiro atoms. The molecule has 0 bridgehead atoms. The molecule has 1 N–H and O–H groups in total. The Labute approximate surface area is 82.9 Å². The van der Waals surface area contributed by atoms with Crippen molar-refractivity contribution in [1.29, 1.82) is 0 Å². The maximum Gasteiger partial charge on any atom is 0.225 e. The zero-order valence-electron chi connectivity index (χ0n) is 7.02. The number of benzene rings is 1. The molecule has 78 valence electrons. The molecule has 1 unspecified atom stereocenters. The van der Waals surface area contributed by atoms with Gasteiger partial charge < -0.3 is 9.84 Å². The lowest BCUT2D eigenvalue weighted by atomic mass is 10.2. The van der Waals surface area contributed by atoms with Crippen LogP contribution in [0.1, 0.15) is 11.9 Å². The molecule has 6 heteroatoms. The molecule has 0 fully saturated rings. The first-order chi connectivity index (χ1) is 6.49. The maximum absolute atomic E-state index is 13.0. The van der Waals surface area contributed by atoms with Crippen LogP contribution in [0.3, 0.4) is 0 Å². The minimum absolute atomic E-state index is 0.428. The molecule has 0 amide bonds. The molecular weight excluding hydrogens is 221 g/mol. The molecule has 2 nitrogen and oxygen atoms in total. The highest BCUT2D eigenvalue weighted by atomic mass is 35.5. The fourth-order valence-electron chi connectivity index (χ4n) is 0.921. The standard InChI is InChI=1S/C8H6ClF3O2/c1-14-4-2-3(8(12)13)6(10)5(9)7(4)11/h2,8,13H,1H3. The molecule has 14 heavy (non-hydrogen) atoms. The number of rotatable bonds is 2. The van der Waals surface area contributed by atoms with Crippen LogP contribution >= 0.6 is 11.6 Å². The van der Waals surface area contributed by atoms with Crippen molar-refractivity contribution in [1.82, 2.24) is 0 Å². The van der Waals surface area contributed by atoms with Gasteiger partial charge in [0.15, 0.2) is 17.4 Å². The molecule has 0 aliphatic carbocycles. The predicted octanol–water partition coefficient (Wildman–Crippen LogP) is 2.59. The molecular formula is C8H6ClF3O2. The third kappa shape index (κ3) is 1.78. The monoisotopic (exact) mass is 226 g/mol. The van der Waals surface area contributed by atoms with Crippen LogP contribution < -0.4 is 4.74 Å². The number of aliphatic hydroxyl groups is 1. The van der Waals surface area contributed by atoms with Gasteiger partial charge in [0.1, 0.15) is 5.02 Å². The zero-order valence-corrected chi connectivity index (χ0v) is 7.78. The Morgan fingerprint density at radius 2 is 2.00 bits per heavy atom. The van der Waals surface area contributed by atoms with Crippen molar-refractivity contribution >= 4 is 11.6 Å². The van der Waals surface area contributed by atoms with Gasteiger partial charge in [0.25, 0.3) is 0 Å². The lowest BCUT2D eigenvalue weighted by Crippen LogP contribution is -2.00. The second-order valence-corrected chi connectivity index (χ2v) is 2.82. The van der Waals surface area contributed by atoms with E-state index in [1.807, 2.05) is 0 Å². The Hall–Kier alpha value is -0.940. The smallest absolute Gasteiger partial charge is 0.225 e. The highest BCUT2D eigenvalue weighted by Gasteiger charge is 2.21. The molecule has 0 radical (unpaired) electrons. The summed E-state index contributed by atoms with van der Waals surface area (Å²) in [5.74, 6) is -2.89. The van der Waals surface area contributed by atoms with E-state index in [2.05, 4.69) is 4.74 Å². The predicted molar refractivity (Wildman–Crippen MR) is 44.0 cm³/mol. The third-order valence-corrected chi connectivity index (χ3v) is 1.95. The topological polar surface area (TPSA) is 29.5 Å². The summed E-state index contributed by atoms with van der Waals surface area (Å²) in [5.41, 5.74) is -0.756. The molecule has 1 aromatic carbocycles. The van der Waals surface area contributed by atoms with Crippen LogP contribution in [0.2, 0.25) is 5.02 Å². The Morgan fingerprint density at radius 1 is 1.43 bits per heavy atom. The minimum atomic E-state index is -2.57. The quantitative estimate of drug-likeness (QED) is 0.786. The van der Waals surface area contributed by atoms with E-state index in [-0.39, 0.29) is 0 Å².